The Balaban J connectivity index is 1.97. The molecule has 0 aliphatic heterocycles. The number of nitro benzene ring substituents is 1. The van der Waals surface area contributed by atoms with Crippen LogP contribution in [0.1, 0.15) is 22.3 Å². The van der Waals surface area contributed by atoms with Crippen LogP contribution in [0, 0.1) is 33.8 Å². The third-order valence-corrected chi connectivity index (χ3v) is 3.43. The highest BCUT2D eigenvalue weighted by Gasteiger charge is 2.11. The molecule has 3 rings (SSSR count). The number of nitro groups is 1. The summed E-state index contributed by atoms with van der Waals surface area (Å²) < 4.78 is 0. The van der Waals surface area contributed by atoms with Crippen LogP contribution in [0.2, 0.25) is 0 Å². The fourth-order valence-electron chi connectivity index (χ4n) is 2.20. The lowest BCUT2D eigenvalue weighted by molar-refractivity contribution is -0.385. The van der Waals surface area contributed by atoms with Gasteiger partial charge < -0.3 is 0 Å². The molecule has 0 fully saturated rings. The predicted octanol–water partition coefficient (Wildman–Crippen LogP) is 4.39. The molecule has 0 aliphatic rings. The van der Waals surface area contributed by atoms with E-state index in [1.807, 2.05) is 60.7 Å². The van der Waals surface area contributed by atoms with E-state index in [1.165, 1.54) is 6.07 Å². The summed E-state index contributed by atoms with van der Waals surface area (Å²) in [6.45, 7) is 0. The first-order chi connectivity index (χ1) is 12.2. The molecule has 0 saturated carbocycles. The van der Waals surface area contributed by atoms with Crippen molar-refractivity contribution in [2.75, 3.05) is 0 Å². The van der Waals surface area contributed by atoms with Crippen molar-refractivity contribution in [3.63, 3.8) is 0 Å². The van der Waals surface area contributed by atoms with Gasteiger partial charge in [-0.1, -0.05) is 60.1 Å². The Hall–Kier alpha value is -3.82. The van der Waals surface area contributed by atoms with Crippen LogP contribution in [0.25, 0.3) is 0 Å². The van der Waals surface area contributed by atoms with Crippen LogP contribution >= 0.6 is 0 Å². The van der Waals surface area contributed by atoms with Crippen molar-refractivity contribution in [3.8, 4) is 23.7 Å². The Morgan fingerprint density at radius 3 is 1.72 bits per heavy atom. The van der Waals surface area contributed by atoms with Crippen LogP contribution in [-0.4, -0.2) is 4.92 Å². The van der Waals surface area contributed by atoms with Gasteiger partial charge in [0.2, 0.25) is 0 Å². The molecule has 0 heterocycles. The van der Waals surface area contributed by atoms with E-state index in [1.54, 1.807) is 12.1 Å². The van der Waals surface area contributed by atoms with Gasteiger partial charge in [0.25, 0.3) is 5.69 Å². The zero-order valence-corrected chi connectivity index (χ0v) is 13.3. The molecule has 0 spiro atoms. The Morgan fingerprint density at radius 2 is 1.16 bits per heavy atom. The summed E-state index contributed by atoms with van der Waals surface area (Å²) in [4.78, 5) is 10.8. The van der Waals surface area contributed by atoms with Gasteiger partial charge in [0, 0.05) is 22.8 Å². The third-order valence-electron chi connectivity index (χ3n) is 3.43. The van der Waals surface area contributed by atoms with Crippen molar-refractivity contribution >= 4 is 5.69 Å². The van der Waals surface area contributed by atoms with Gasteiger partial charge in [-0.25, -0.2) is 0 Å². The molecule has 0 aliphatic carbocycles. The minimum absolute atomic E-state index is 0.0197. The second-order valence-corrected chi connectivity index (χ2v) is 5.22. The SMILES string of the molecule is O=[N+]([O-])c1ccc(C#Cc2ccccc2)cc1C#Cc1ccccc1. The van der Waals surface area contributed by atoms with E-state index in [0.29, 0.717) is 11.1 Å². The molecule has 0 unspecified atom stereocenters. The lowest BCUT2D eigenvalue weighted by atomic mass is 10.1. The van der Waals surface area contributed by atoms with Crippen LogP contribution in [0.3, 0.4) is 0 Å². The maximum Gasteiger partial charge on any atom is 0.285 e. The van der Waals surface area contributed by atoms with Gasteiger partial charge in [-0.05, 0) is 36.4 Å². The summed E-state index contributed by atoms with van der Waals surface area (Å²) in [5.41, 5.74) is 2.71. The molecule has 0 saturated heterocycles. The molecule has 118 valence electrons. The minimum atomic E-state index is -0.427. The van der Waals surface area contributed by atoms with Gasteiger partial charge in [-0.3, -0.25) is 10.1 Å². The molecule has 0 amide bonds. The van der Waals surface area contributed by atoms with Gasteiger partial charge in [-0.15, -0.1) is 0 Å². The van der Waals surface area contributed by atoms with Gasteiger partial charge in [-0.2, -0.15) is 0 Å². The normalized spacial score (nSPS) is 9.28. The van der Waals surface area contributed by atoms with E-state index in [4.69, 9.17) is 0 Å². The highest BCUT2D eigenvalue weighted by Crippen LogP contribution is 2.19. The van der Waals surface area contributed by atoms with Crippen molar-refractivity contribution in [2.45, 2.75) is 0 Å². The molecule has 0 N–H and O–H groups in total. The van der Waals surface area contributed by atoms with Gasteiger partial charge in [0.1, 0.15) is 5.56 Å². The van der Waals surface area contributed by atoms with Crippen molar-refractivity contribution in [3.05, 3.63) is 111 Å². The highest BCUT2D eigenvalue weighted by molar-refractivity contribution is 5.57. The van der Waals surface area contributed by atoms with Crippen LogP contribution in [0.15, 0.2) is 78.9 Å². The number of hydrogen-bond acceptors (Lipinski definition) is 2. The number of benzene rings is 3. The topological polar surface area (TPSA) is 43.1 Å². The van der Waals surface area contributed by atoms with E-state index >= 15 is 0 Å². The van der Waals surface area contributed by atoms with E-state index in [-0.39, 0.29) is 5.69 Å². The molecule has 0 bridgehead atoms. The first kappa shape index (κ1) is 16.1. The molecule has 3 nitrogen and oxygen atoms in total. The Bertz CT molecular complexity index is 1020. The molecule has 0 radical (unpaired) electrons. The van der Waals surface area contributed by atoms with Crippen molar-refractivity contribution < 1.29 is 4.92 Å². The number of rotatable bonds is 1. The van der Waals surface area contributed by atoms with Gasteiger partial charge in [0.15, 0.2) is 0 Å². The average Bonchev–Trinajstić information content (AvgIpc) is 2.66. The second kappa shape index (κ2) is 7.64. The molecule has 3 heteroatoms. The van der Waals surface area contributed by atoms with E-state index in [0.717, 1.165) is 11.1 Å². The first-order valence-electron chi connectivity index (χ1n) is 7.65. The van der Waals surface area contributed by atoms with Gasteiger partial charge in [0.05, 0.1) is 4.92 Å². The summed E-state index contributed by atoms with van der Waals surface area (Å²) in [7, 11) is 0. The molecule has 0 aromatic heterocycles. The summed E-state index contributed by atoms with van der Waals surface area (Å²) in [5, 5.41) is 11.2. The lowest BCUT2D eigenvalue weighted by Crippen LogP contribution is -1.93. The monoisotopic (exact) mass is 323 g/mol. The zero-order chi connectivity index (χ0) is 17.5. The van der Waals surface area contributed by atoms with Gasteiger partial charge >= 0.3 is 0 Å². The Kier molecular flexibility index (Phi) is 4.90. The van der Waals surface area contributed by atoms with Crippen molar-refractivity contribution in [1.29, 1.82) is 0 Å². The second-order valence-electron chi connectivity index (χ2n) is 5.22. The summed E-state index contributed by atoms with van der Waals surface area (Å²) in [6, 6.07) is 23.7. The van der Waals surface area contributed by atoms with Crippen LogP contribution < -0.4 is 0 Å². The van der Waals surface area contributed by atoms with Crippen LogP contribution in [-0.2, 0) is 0 Å². The summed E-state index contributed by atoms with van der Waals surface area (Å²) in [5.74, 6) is 11.9. The fraction of sp³-hybridized carbons (Fsp3) is 0. The summed E-state index contributed by atoms with van der Waals surface area (Å²) in [6.07, 6.45) is 0. The Morgan fingerprint density at radius 1 is 0.640 bits per heavy atom. The standard InChI is InChI=1S/C22H13NO2/c24-23(25)22-16-14-20(12-11-18-7-3-1-4-8-18)17-21(22)15-13-19-9-5-2-6-10-19/h1-10,14,16-17H. The molecule has 3 aromatic carbocycles. The van der Waals surface area contributed by atoms with Crippen molar-refractivity contribution in [1.82, 2.24) is 0 Å². The van der Waals surface area contributed by atoms with Crippen molar-refractivity contribution in [2.24, 2.45) is 0 Å². The van der Waals surface area contributed by atoms with Crippen LogP contribution in [0.5, 0.6) is 0 Å². The number of hydrogen-bond donors (Lipinski definition) is 0. The largest absolute Gasteiger partial charge is 0.285 e. The quantitative estimate of drug-likeness (QED) is 0.378. The average molecular weight is 323 g/mol. The lowest BCUT2D eigenvalue weighted by Gasteiger charge is -1.97. The Labute approximate surface area is 146 Å². The third kappa shape index (κ3) is 4.34. The molecular weight excluding hydrogens is 310 g/mol. The molecule has 25 heavy (non-hydrogen) atoms. The maximum atomic E-state index is 11.2. The predicted molar refractivity (Wildman–Crippen MR) is 97.9 cm³/mol. The van der Waals surface area contributed by atoms with E-state index < -0.39 is 4.92 Å². The first-order valence-corrected chi connectivity index (χ1v) is 7.65. The zero-order valence-electron chi connectivity index (χ0n) is 13.3. The summed E-state index contributed by atoms with van der Waals surface area (Å²) >= 11 is 0. The van der Waals surface area contributed by atoms with E-state index in [9.17, 15) is 10.1 Å². The minimum Gasteiger partial charge on any atom is -0.258 e. The highest BCUT2D eigenvalue weighted by atomic mass is 16.6. The molecule has 3 aromatic rings. The smallest absolute Gasteiger partial charge is 0.258 e. The van der Waals surface area contributed by atoms with E-state index in [2.05, 4.69) is 23.7 Å². The fourth-order valence-corrected chi connectivity index (χ4v) is 2.20. The van der Waals surface area contributed by atoms with Crippen LogP contribution in [0.4, 0.5) is 5.69 Å². The number of nitrogens with zero attached hydrogens (tertiary/aromatic N) is 1. The molecular formula is C22H13NO2. The molecule has 0 atom stereocenters. The maximum absolute atomic E-state index is 11.2.